The maximum atomic E-state index is 10.2. The lowest BCUT2D eigenvalue weighted by Crippen LogP contribution is -2.23. The molecule has 34 heavy (non-hydrogen) atoms. The Balaban J connectivity index is 0.000000312. The van der Waals surface area contributed by atoms with E-state index in [1.54, 1.807) is 12.2 Å². The summed E-state index contributed by atoms with van der Waals surface area (Å²) in [6.07, 6.45) is 15.3. The molecule has 1 N–H and O–H groups in total. The Morgan fingerprint density at radius 2 is 1.41 bits per heavy atom. The number of carbonyl (C=O) groups excluding carboxylic acids is 3. The highest BCUT2D eigenvalue weighted by molar-refractivity contribution is 5.81. The Labute approximate surface area is 202 Å². The van der Waals surface area contributed by atoms with Crippen LogP contribution in [0.4, 0.5) is 0 Å². The summed E-state index contributed by atoms with van der Waals surface area (Å²) in [5.74, 6) is 1.10. The van der Waals surface area contributed by atoms with Crippen molar-refractivity contribution in [2.45, 2.75) is 82.9 Å². The van der Waals surface area contributed by atoms with Crippen LogP contribution in [0.3, 0.4) is 0 Å². The van der Waals surface area contributed by atoms with Gasteiger partial charge in [-0.25, -0.2) is 24.4 Å². The van der Waals surface area contributed by atoms with E-state index in [9.17, 15) is 14.4 Å². The van der Waals surface area contributed by atoms with E-state index in [4.69, 9.17) is 9.84 Å². The van der Waals surface area contributed by atoms with Crippen LogP contribution in [0.2, 0.25) is 0 Å². The highest BCUT2D eigenvalue weighted by Crippen LogP contribution is 2.36. The number of rotatable bonds is 7. The van der Waals surface area contributed by atoms with E-state index in [2.05, 4.69) is 33.0 Å². The molecule has 2 heterocycles. The molecule has 1 unspecified atom stereocenters. The number of hydrogen-bond acceptors (Lipinski definition) is 9. The van der Waals surface area contributed by atoms with Gasteiger partial charge >= 0.3 is 5.97 Å². The van der Waals surface area contributed by atoms with Gasteiger partial charge in [0, 0.05) is 6.08 Å². The number of ether oxygens (including phenoxy) is 3. The molecule has 9 nitrogen and oxygen atoms in total. The monoisotopic (exact) mass is 480 g/mol. The third kappa shape index (κ3) is 17.3. The van der Waals surface area contributed by atoms with Crippen LogP contribution in [0, 0.1) is 11.8 Å². The fourth-order valence-electron chi connectivity index (χ4n) is 3.94. The predicted molar refractivity (Wildman–Crippen MR) is 127 cm³/mol. The maximum absolute atomic E-state index is 10.2. The standard InChI is InChI=1S/C15H22N2O2.C5H8O3.C3H6O.C2H4O/c18-10-16-14-5-1-12(2-6-14)9-13-3-7-15(8-4-13)17-11-19;1-2-5(7)8-4-3-6;1-3-2-4-3;1-2-3-1/h12-15H,1-9H2;2,6H,1,3-4H2;3H,2H2,1H3;1-2H2. The van der Waals surface area contributed by atoms with E-state index in [1.807, 2.05) is 0 Å². The van der Waals surface area contributed by atoms with Gasteiger partial charge < -0.3 is 19.3 Å². The van der Waals surface area contributed by atoms with E-state index < -0.39 is 5.97 Å². The normalized spacial score (nSPS) is 28.2. The van der Waals surface area contributed by atoms with Gasteiger partial charge in [-0.15, -0.1) is 0 Å². The van der Waals surface area contributed by atoms with Gasteiger partial charge in [0.1, 0.15) is 6.61 Å². The second-order valence-electron chi connectivity index (χ2n) is 8.88. The Bertz CT molecular complexity index is 613. The number of aliphatic hydroxyl groups is 1. The van der Waals surface area contributed by atoms with E-state index in [0.29, 0.717) is 6.10 Å². The topological polar surface area (TPSA) is 130 Å². The van der Waals surface area contributed by atoms with Gasteiger partial charge in [0.2, 0.25) is 12.2 Å². The number of isocyanates is 2. The minimum atomic E-state index is -0.501. The van der Waals surface area contributed by atoms with Crippen LogP contribution < -0.4 is 0 Å². The van der Waals surface area contributed by atoms with Crippen LogP contribution in [-0.4, -0.2) is 74.5 Å². The van der Waals surface area contributed by atoms with Crippen LogP contribution in [-0.2, 0) is 28.6 Å². The van der Waals surface area contributed by atoms with Gasteiger partial charge in [0.15, 0.2) is 0 Å². The lowest BCUT2D eigenvalue weighted by atomic mass is 9.76. The number of esters is 1. The zero-order chi connectivity index (χ0) is 25.0. The SMILES string of the molecule is C1CO1.C=CC(=O)OCCO.CC1CO1.O=C=NC1CCC(CC2CCC(N=C=O)CC2)CC1. The highest BCUT2D eigenvalue weighted by Gasteiger charge is 2.26. The third-order valence-electron chi connectivity index (χ3n) is 5.98. The Morgan fingerprint density at radius 3 is 1.68 bits per heavy atom. The van der Waals surface area contributed by atoms with Crippen molar-refractivity contribution in [3.8, 4) is 0 Å². The van der Waals surface area contributed by atoms with Crippen LogP contribution in [0.5, 0.6) is 0 Å². The largest absolute Gasteiger partial charge is 0.460 e. The van der Waals surface area contributed by atoms with E-state index >= 15 is 0 Å². The van der Waals surface area contributed by atoms with E-state index in [1.165, 1.54) is 32.1 Å². The number of nitrogens with zero attached hydrogens (tertiary/aromatic N) is 2. The Hall–Kier alpha value is -2.15. The number of epoxide rings is 2. The number of hydrogen-bond donors (Lipinski definition) is 1. The van der Waals surface area contributed by atoms with Gasteiger partial charge in [-0.3, -0.25) is 0 Å². The van der Waals surface area contributed by atoms with Gasteiger partial charge in [0.05, 0.1) is 44.6 Å². The summed E-state index contributed by atoms with van der Waals surface area (Å²) in [5.41, 5.74) is 0. The maximum Gasteiger partial charge on any atom is 0.330 e. The van der Waals surface area contributed by atoms with Crippen molar-refractivity contribution >= 4 is 18.1 Å². The molecule has 0 aromatic heterocycles. The predicted octanol–water partition coefficient (Wildman–Crippen LogP) is 3.30. The highest BCUT2D eigenvalue weighted by atomic mass is 16.6. The number of aliphatic imine (C=N–C) groups is 2. The first-order chi connectivity index (χ1) is 16.5. The summed E-state index contributed by atoms with van der Waals surface area (Å²) in [5, 5.41) is 8.10. The van der Waals surface area contributed by atoms with Crippen molar-refractivity contribution in [3.05, 3.63) is 12.7 Å². The zero-order valence-electron chi connectivity index (χ0n) is 20.4. The van der Waals surface area contributed by atoms with Gasteiger partial charge in [-0.05, 0) is 76.5 Å². The van der Waals surface area contributed by atoms with Crippen molar-refractivity contribution in [3.63, 3.8) is 0 Å². The molecule has 0 bridgehead atoms. The first-order valence-electron chi connectivity index (χ1n) is 12.3. The quantitative estimate of drug-likeness (QED) is 0.194. The Kier molecular flexibility index (Phi) is 16.9. The molecule has 4 rings (SSSR count). The first-order valence-corrected chi connectivity index (χ1v) is 12.3. The van der Waals surface area contributed by atoms with Crippen molar-refractivity contribution in [1.29, 1.82) is 0 Å². The summed E-state index contributed by atoms with van der Waals surface area (Å²) in [4.78, 5) is 38.3. The van der Waals surface area contributed by atoms with E-state index in [0.717, 1.165) is 63.4 Å². The van der Waals surface area contributed by atoms with Gasteiger partial charge in [0.25, 0.3) is 0 Å². The molecular formula is C25H40N2O7. The third-order valence-corrected chi connectivity index (χ3v) is 5.98. The molecule has 1 atom stereocenters. The average Bonchev–Trinajstić information content (AvgIpc) is 3.77. The molecule has 4 aliphatic rings. The minimum absolute atomic E-state index is 0.0465. The van der Waals surface area contributed by atoms with Crippen LogP contribution in [0.25, 0.3) is 0 Å². The molecule has 0 aromatic rings. The summed E-state index contributed by atoms with van der Waals surface area (Å²) in [7, 11) is 0. The molecule has 0 aromatic carbocycles. The molecule has 0 spiro atoms. The summed E-state index contributed by atoms with van der Waals surface area (Å²) in [6.45, 7) is 8.11. The Morgan fingerprint density at radius 1 is 1.00 bits per heavy atom. The molecule has 192 valence electrons. The summed E-state index contributed by atoms with van der Waals surface area (Å²) >= 11 is 0. The van der Waals surface area contributed by atoms with Crippen LogP contribution in [0.1, 0.15) is 64.7 Å². The van der Waals surface area contributed by atoms with Crippen molar-refractivity contribution in [2.75, 3.05) is 33.0 Å². The lowest BCUT2D eigenvalue weighted by Gasteiger charge is -2.31. The fraction of sp³-hybridized carbons (Fsp3) is 0.800. The molecular weight excluding hydrogens is 440 g/mol. The summed E-state index contributed by atoms with van der Waals surface area (Å²) in [6, 6.07) is 0.456. The van der Waals surface area contributed by atoms with Crippen LogP contribution >= 0.6 is 0 Å². The molecule has 0 amide bonds. The van der Waals surface area contributed by atoms with Crippen LogP contribution in [0.15, 0.2) is 22.6 Å². The van der Waals surface area contributed by atoms with Gasteiger partial charge in [-0.1, -0.05) is 6.58 Å². The molecule has 2 aliphatic carbocycles. The van der Waals surface area contributed by atoms with Gasteiger partial charge in [-0.2, -0.15) is 0 Å². The fourth-order valence-corrected chi connectivity index (χ4v) is 3.94. The molecule has 2 saturated heterocycles. The molecule has 9 heteroatoms. The van der Waals surface area contributed by atoms with Crippen molar-refractivity contribution in [1.82, 2.24) is 0 Å². The molecule has 0 radical (unpaired) electrons. The second-order valence-corrected chi connectivity index (χ2v) is 8.88. The molecule has 2 saturated carbocycles. The number of carbonyl (C=O) groups is 1. The average molecular weight is 481 g/mol. The first kappa shape index (κ1) is 29.9. The lowest BCUT2D eigenvalue weighted by molar-refractivity contribution is -0.138. The smallest absolute Gasteiger partial charge is 0.330 e. The minimum Gasteiger partial charge on any atom is -0.460 e. The second kappa shape index (κ2) is 19.2. The number of aliphatic hydroxyl groups excluding tert-OH is 1. The zero-order valence-corrected chi connectivity index (χ0v) is 20.4. The van der Waals surface area contributed by atoms with E-state index in [-0.39, 0.29) is 25.3 Å². The van der Waals surface area contributed by atoms with Crippen molar-refractivity contribution in [2.24, 2.45) is 21.8 Å². The molecule has 4 fully saturated rings. The molecule has 2 aliphatic heterocycles. The summed E-state index contributed by atoms with van der Waals surface area (Å²) < 4.78 is 13.5. The van der Waals surface area contributed by atoms with Crippen molar-refractivity contribution < 1.29 is 33.7 Å².